The monoisotopic (exact) mass is 378 g/mol. The smallest absolute Gasteiger partial charge is 0.251 e. The molecule has 1 aliphatic rings. The third-order valence-electron chi connectivity index (χ3n) is 4.23. The van der Waals surface area contributed by atoms with Crippen LogP contribution in [-0.4, -0.2) is 22.4 Å². The van der Waals surface area contributed by atoms with Crippen LogP contribution in [0.1, 0.15) is 30.8 Å². The summed E-state index contributed by atoms with van der Waals surface area (Å²) in [6, 6.07) is 7.03. The predicted octanol–water partition coefficient (Wildman–Crippen LogP) is 2.99. The number of amides is 1. The van der Waals surface area contributed by atoms with Crippen molar-refractivity contribution in [1.82, 2.24) is 9.47 Å². The van der Waals surface area contributed by atoms with Crippen molar-refractivity contribution >= 4 is 21.8 Å². The molecule has 0 bridgehead atoms. The molecule has 5 nitrogen and oxygen atoms in total. The summed E-state index contributed by atoms with van der Waals surface area (Å²) < 4.78 is 7.98. The first-order valence-corrected chi connectivity index (χ1v) is 8.42. The number of nitrogens with zero attached hydrogens (tertiary/aromatic N) is 2. The summed E-state index contributed by atoms with van der Waals surface area (Å²) in [5, 5.41) is 0. The second-order valence-electron chi connectivity index (χ2n) is 6.19. The summed E-state index contributed by atoms with van der Waals surface area (Å²) in [5.74, 6) is 2.87. The minimum atomic E-state index is -0.196. The molecule has 0 aliphatic heterocycles. The van der Waals surface area contributed by atoms with Crippen molar-refractivity contribution < 1.29 is 9.21 Å². The van der Waals surface area contributed by atoms with Gasteiger partial charge in [0.15, 0.2) is 0 Å². The predicted molar refractivity (Wildman–Crippen MR) is 90.1 cm³/mol. The fourth-order valence-corrected chi connectivity index (χ4v) is 2.99. The number of carbonyl (C=O) groups is 1. The largest absolute Gasteiger partial charge is 0.464 e. The highest BCUT2D eigenvalue weighted by molar-refractivity contribution is 9.10. The Labute approximate surface area is 143 Å². The number of rotatable bonds is 5. The molecule has 1 fully saturated rings. The first kappa shape index (κ1) is 16.1. The van der Waals surface area contributed by atoms with Crippen molar-refractivity contribution in [2.24, 2.45) is 5.92 Å². The number of furan rings is 1. The van der Waals surface area contributed by atoms with Crippen LogP contribution >= 0.6 is 15.9 Å². The summed E-state index contributed by atoms with van der Waals surface area (Å²) in [6.45, 7) is 2.63. The number of pyridine rings is 1. The molecule has 2 aromatic heterocycles. The molecule has 3 rings (SSSR count). The lowest BCUT2D eigenvalue weighted by Crippen LogP contribution is -2.33. The molecular weight excluding hydrogens is 360 g/mol. The van der Waals surface area contributed by atoms with E-state index in [1.807, 2.05) is 12.1 Å². The molecule has 0 aromatic carbocycles. The molecule has 23 heavy (non-hydrogen) atoms. The van der Waals surface area contributed by atoms with Gasteiger partial charge in [0.1, 0.15) is 18.1 Å². The lowest BCUT2D eigenvalue weighted by Gasteiger charge is -2.16. The van der Waals surface area contributed by atoms with Crippen molar-refractivity contribution in [1.29, 1.82) is 0 Å². The normalized spacial score (nSPS) is 19.6. The molecule has 6 heteroatoms. The molecule has 0 radical (unpaired) electrons. The number of halogens is 1. The topological polar surface area (TPSA) is 55.5 Å². The second-order valence-corrected chi connectivity index (χ2v) is 7.10. The fraction of sp³-hybridized carbons (Fsp3) is 0.412. The van der Waals surface area contributed by atoms with Gasteiger partial charge in [0, 0.05) is 29.7 Å². The Balaban J connectivity index is 1.62. The lowest BCUT2D eigenvalue weighted by molar-refractivity contribution is -0.131. The van der Waals surface area contributed by atoms with Crippen molar-refractivity contribution in [2.45, 2.75) is 32.4 Å². The Morgan fingerprint density at radius 2 is 2.13 bits per heavy atom. The van der Waals surface area contributed by atoms with Crippen molar-refractivity contribution in [3.8, 4) is 0 Å². The molecule has 2 heterocycles. The zero-order valence-electron chi connectivity index (χ0n) is 13.2. The number of likely N-dealkylation sites (N-methyl/N-ethyl adjacent to an activating group) is 1. The van der Waals surface area contributed by atoms with Crippen LogP contribution in [0.4, 0.5) is 0 Å². The maximum Gasteiger partial charge on any atom is 0.251 e. The maximum absolute atomic E-state index is 12.3. The Kier molecular flexibility index (Phi) is 4.43. The van der Waals surface area contributed by atoms with Crippen LogP contribution in [0.15, 0.2) is 44.1 Å². The fourth-order valence-electron chi connectivity index (χ4n) is 2.61. The van der Waals surface area contributed by atoms with Crippen LogP contribution in [0.3, 0.4) is 0 Å². The SMILES string of the molecule is C[C@@H]1C[C@H]1c1ccc(CN(C)C(=O)Cn2cc(Br)ccc2=O)o1. The Hall–Kier alpha value is -1.82. The number of carbonyl (C=O) groups excluding carboxylic acids is 1. The highest BCUT2D eigenvalue weighted by Gasteiger charge is 2.36. The highest BCUT2D eigenvalue weighted by Crippen LogP contribution is 2.47. The van der Waals surface area contributed by atoms with Crippen LogP contribution in [0, 0.1) is 5.92 Å². The van der Waals surface area contributed by atoms with Gasteiger partial charge in [-0.2, -0.15) is 0 Å². The van der Waals surface area contributed by atoms with Crippen LogP contribution in [0.25, 0.3) is 0 Å². The molecule has 0 spiro atoms. The molecule has 122 valence electrons. The molecular formula is C17H19BrN2O3. The van der Waals surface area contributed by atoms with E-state index < -0.39 is 0 Å². The van der Waals surface area contributed by atoms with Crippen LogP contribution in [0.2, 0.25) is 0 Å². The summed E-state index contributed by atoms with van der Waals surface area (Å²) in [6.07, 6.45) is 2.79. The second kappa shape index (κ2) is 6.35. The van der Waals surface area contributed by atoms with E-state index in [1.54, 1.807) is 24.2 Å². The molecule has 2 atom stereocenters. The van der Waals surface area contributed by atoms with Gasteiger partial charge in [-0.25, -0.2) is 0 Å². The average Bonchev–Trinajstić information content (AvgIpc) is 3.05. The number of hydrogen-bond donors (Lipinski definition) is 0. The van der Waals surface area contributed by atoms with Gasteiger partial charge < -0.3 is 13.9 Å². The van der Waals surface area contributed by atoms with E-state index in [0.717, 1.165) is 16.0 Å². The van der Waals surface area contributed by atoms with E-state index in [2.05, 4.69) is 22.9 Å². The van der Waals surface area contributed by atoms with Crippen molar-refractivity contribution in [2.75, 3.05) is 7.05 Å². The molecule has 0 saturated heterocycles. The van der Waals surface area contributed by atoms with Crippen LogP contribution in [0.5, 0.6) is 0 Å². The first-order chi connectivity index (χ1) is 10.9. The van der Waals surface area contributed by atoms with Gasteiger partial charge in [-0.15, -0.1) is 0 Å². The Morgan fingerprint density at radius 1 is 1.39 bits per heavy atom. The van der Waals surface area contributed by atoms with Crippen molar-refractivity contribution in [3.05, 3.63) is 56.8 Å². The molecule has 2 aromatic rings. The Morgan fingerprint density at radius 3 is 2.83 bits per heavy atom. The summed E-state index contributed by atoms with van der Waals surface area (Å²) >= 11 is 3.30. The standard InChI is InChI=1S/C17H19BrN2O3/c1-11-7-14(11)15-5-4-13(23-15)9-19(2)17(22)10-20-8-12(18)3-6-16(20)21/h3-6,8,11,14H,7,9-10H2,1-2H3/t11-,14-/m1/s1. The maximum atomic E-state index is 12.3. The summed E-state index contributed by atoms with van der Waals surface area (Å²) in [5.41, 5.74) is -0.196. The van der Waals surface area contributed by atoms with E-state index in [1.165, 1.54) is 17.1 Å². The van der Waals surface area contributed by atoms with E-state index in [4.69, 9.17) is 4.42 Å². The zero-order valence-corrected chi connectivity index (χ0v) is 14.7. The molecule has 1 amide bonds. The van der Waals surface area contributed by atoms with Gasteiger partial charge in [0.25, 0.3) is 5.56 Å². The zero-order chi connectivity index (χ0) is 16.6. The summed E-state index contributed by atoms with van der Waals surface area (Å²) in [7, 11) is 1.72. The van der Waals surface area contributed by atoms with Gasteiger partial charge >= 0.3 is 0 Å². The minimum absolute atomic E-state index is 0.0159. The molecule has 0 N–H and O–H groups in total. The third-order valence-corrected chi connectivity index (χ3v) is 4.70. The van der Waals surface area contributed by atoms with Crippen LogP contribution in [-0.2, 0) is 17.9 Å². The van der Waals surface area contributed by atoms with Gasteiger partial charge in [-0.05, 0) is 46.5 Å². The highest BCUT2D eigenvalue weighted by atomic mass is 79.9. The summed E-state index contributed by atoms with van der Waals surface area (Å²) in [4.78, 5) is 25.6. The Bertz CT molecular complexity index is 780. The van der Waals surface area contributed by atoms with Crippen molar-refractivity contribution in [3.63, 3.8) is 0 Å². The average molecular weight is 379 g/mol. The first-order valence-electron chi connectivity index (χ1n) is 7.62. The molecule has 1 aliphatic carbocycles. The third kappa shape index (κ3) is 3.75. The minimum Gasteiger partial charge on any atom is -0.464 e. The number of hydrogen-bond acceptors (Lipinski definition) is 3. The van der Waals surface area contributed by atoms with Gasteiger partial charge in [0.05, 0.1) is 6.54 Å². The van der Waals surface area contributed by atoms with Gasteiger partial charge in [0.2, 0.25) is 5.91 Å². The molecule has 1 saturated carbocycles. The number of aromatic nitrogens is 1. The lowest BCUT2D eigenvalue weighted by atomic mass is 10.3. The van der Waals surface area contributed by atoms with E-state index >= 15 is 0 Å². The van der Waals surface area contributed by atoms with Crippen LogP contribution < -0.4 is 5.56 Å². The van der Waals surface area contributed by atoms with E-state index in [0.29, 0.717) is 18.4 Å². The van der Waals surface area contributed by atoms with Gasteiger partial charge in [-0.3, -0.25) is 9.59 Å². The van der Waals surface area contributed by atoms with E-state index in [9.17, 15) is 9.59 Å². The quantitative estimate of drug-likeness (QED) is 0.803. The van der Waals surface area contributed by atoms with E-state index in [-0.39, 0.29) is 18.0 Å². The van der Waals surface area contributed by atoms with Gasteiger partial charge in [-0.1, -0.05) is 6.92 Å². The molecule has 0 unspecified atom stereocenters.